The van der Waals surface area contributed by atoms with Gasteiger partial charge in [0.25, 0.3) is 5.56 Å². The van der Waals surface area contributed by atoms with Gasteiger partial charge < -0.3 is 0 Å². The maximum absolute atomic E-state index is 13.2. The second-order valence-corrected chi connectivity index (χ2v) is 7.94. The van der Waals surface area contributed by atoms with Gasteiger partial charge in [-0.15, -0.1) is 11.3 Å². The van der Waals surface area contributed by atoms with E-state index in [0.717, 1.165) is 37.1 Å². The second kappa shape index (κ2) is 5.70. The van der Waals surface area contributed by atoms with Crippen LogP contribution in [0.5, 0.6) is 0 Å². The Morgan fingerprint density at radius 1 is 0.923 bits per heavy atom. The van der Waals surface area contributed by atoms with Crippen molar-refractivity contribution >= 4 is 43.9 Å². The topological polar surface area (TPSA) is 22.0 Å². The first-order chi connectivity index (χ1) is 12.6. The Labute approximate surface area is 159 Å². The van der Waals surface area contributed by atoms with Crippen molar-refractivity contribution in [1.29, 1.82) is 0 Å². The minimum absolute atomic E-state index is 0.0283. The molecule has 3 aromatic carbocycles. The lowest BCUT2D eigenvalue weighted by atomic mass is 10.1. The molecular formula is C22H14ClNOS. The number of rotatable bonds is 1. The third-order valence-corrected chi connectivity index (χ3v) is 6.12. The molecule has 2 nitrogen and oxygen atoms in total. The number of hydrogen-bond donors (Lipinski definition) is 0. The average Bonchev–Trinajstić information content (AvgIpc) is 2.94. The van der Waals surface area contributed by atoms with E-state index in [0.29, 0.717) is 5.02 Å². The Morgan fingerprint density at radius 2 is 1.73 bits per heavy atom. The van der Waals surface area contributed by atoms with Crippen LogP contribution in [0.3, 0.4) is 0 Å². The van der Waals surface area contributed by atoms with Crippen LogP contribution in [0.2, 0.25) is 5.02 Å². The molecule has 0 unspecified atom stereocenters. The lowest BCUT2D eigenvalue weighted by Crippen LogP contribution is -2.13. The SMILES string of the molecule is Cc1ccc2c(c1)sc(-c1cccc(Cl)c1)c1c3ccccc3c(=O)n2-1. The van der Waals surface area contributed by atoms with E-state index in [1.54, 1.807) is 11.3 Å². The van der Waals surface area contributed by atoms with Crippen LogP contribution in [0, 0.1) is 6.92 Å². The maximum Gasteiger partial charge on any atom is 0.263 e. The lowest BCUT2D eigenvalue weighted by molar-refractivity contribution is 1.10. The molecule has 0 atom stereocenters. The van der Waals surface area contributed by atoms with Crippen molar-refractivity contribution < 1.29 is 0 Å². The molecule has 0 aliphatic carbocycles. The summed E-state index contributed by atoms with van der Waals surface area (Å²) < 4.78 is 2.94. The van der Waals surface area contributed by atoms with Crippen LogP contribution >= 0.6 is 22.9 Å². The molecule has 2 heterocycles. The van der Waals surface area contributed by atoms with Gasteiger partial charge in [-0.3, -0.25) is 9.36 Å². The van der Waals surface area contributed by atoms with Gasteiger partial charge in [0.15, 0.2) is 0 Å². The molecule has 4 heteroatoms. The number of aryl methyl sites for hydroxylation is 1. The molecule has 0 N–H and O–H groups in total. The summed E-state index contributed by atoms with van der Waals surface area (Å²) in [6.07, 6.45) is 0. The lowest BCUT2D eigenvalue weighted by Gasteiger charge is -2.15. The Hall–Kier alpha value is -2.62. The predicted octanol–water partition coefficient (Wildman–Crippen LogP) is 6.27. The molecular weight excluding hydrogens is 362 g/mol. The number of fused-ring (bicyclic) bond motifs is 5. The Morgan fingerprint density at radius 3 is 2.54 bits per heavy atom. The van der Waals surface area contributed by atoms with Crippen molar-refractivity contribution in [3.05, 3.63) is 87.7 Å². The van der Waals surface area contributed by atoms with Gasteiger partial charge in [0.05, 0.1) is 20.8 Å². The van der Waals surface area contributed by atoms with Crippen LogP contribution in [0.4, 0.5) is 0 Å². The van der Waals surface area contributed by atoms with Gasteiger partial charge in [-0.2, -0.15) is 0 Å². The Kier molecular flexibility index (Phi) is 3.42. The molecule has 0 radical (unpaired) electrons. The fraction of sp³-hybridized carbons (Fsp3) is 0.0455. The molecule has 5 rings (SSSR count). The Bertz CT molecular complexity index is 1330. The van der Waals surface area contributed by atoms with Crippen LogP contribution in [0.15, 0.2) is 71.5 Å². The van der Waals surface area contributed by atoms with Crippen LogP contribution < -0.4 is 5.56 Å². The molecule has 0 saturated carbocycles. The summed E-state index contributed by atoms with van der Waals surface area (Å²) in [5.74, 6) is 0. The third-order valence-electron chi connectivity index (χ3n) is 4.71. The first kappa shape index (κ1) is 15.6. The standard InChI is InChI=1S/C22H14ClNOS/c1-13-9-10-18-19(11-13)26-21(14-5-4-6-15(23)12-14)20-16-7-2-3-8-17(16)22(25)24(18)20/h2-12H,1H3. The fourth-order valence-corrected chi connectivity index (χ4v) is 5.01. The molecule has 0 aromatic heterocycles. The van der Waals surface area contributed by atoms with Gasteiger partial charge in [0, 0.05) is 15.8 Å². The molecule has 126 valence electrons. The fourth-order valence-electron chi connectivity index (χ4n) is 3.54. The van der Waals surface area contributed by atoms with Crippen molar-refractivity contribution in [3.8, 4) is 16.1 Å². The minimum atomic E-state index is 0.0283. The summed E-state index contributed by atoms with van der Waals surface area (Å²) >= 11 is 7.95. The number of nitrogens with zero attached hydrogens (tertiary/aromatic N) is 1. The third kappa shape index (κ3) is 2.21. The zero-order valence-corrected chi connectivity index (χ0v) is 15.6. The highest BCUT2D eigenvalue weighted by atomic mass is 35.5. The first-order valence-corrected chi connectivity index (χ1v) is 9.55. The first-order valence-electron chi connectivity index (χ1n) is 8.36. The van der Waals surface area contributed by atoms with Gasteiger partial charge in [-0.1, -0.05) is 48.0 Å². The average molecular weight is 376 g/mol. The van der Waals surface area contributed by atoms with Gasteiger partial charge >= 0.3 is 0 Å². The minimum Gasteiger partial charge on any atom is -0.273 e. The van der Waals surface area contributed by atoms with Gasteiger partial charge in [-0.05, 0) is 48.4 Å². The predicted molar refractivity (Wildman–Crippen MR) is 111 cm³/mol. The molecule has 2 aliphatic heterocycles. The molecule has 0 bridgehead atoms. The summed E-state index contributed by atoms with van der Waals surface area (Å²) in [7, 11) is 0. The van der Waals surface area contributed by atoms with Crippen molar-refractivity contribution in [2.75, 3.05) is 0 Å². The zero-order valence-electron chi connectivity index (χ0n) is 14.0. The van der Waals surface area contributed by atoms with Crippen LogP contribution in [0.1, 0.15) is 5.56 Å². The van der Waals surface area contributed by atoms with Gasteiger partial charge in [-0.25, -0.2) is 0 Å². The molecule has 0 amide bonds. The molecule has 0 spiro atoms. The highest BCUT2D eigenvalue weighted by Gasteiger charge is 2.22. The molecule has 26 heavy (non-hydrogen) atoms. The maximum atomic E-state index is 13.2. The molecule has 3 aromatic rings. The number of halogens is 1. The summed E-state index contributed by atoms with van der Waals surface area (Å²) in [5, 5.41) is 2.41. The van der Waals surface area contributed by atoms with E-state index in [-0.39, 0.29) is 5.56 Å². The van der Waals surface area contributed by atoms with E-state index in [2.05, 4.69) is 19.1 Å². The van der Waals surface area contributed by atoms with E-state index in [4.69, 9.17) is 11.6 Å². The van der Waals surface area contributed by atoms with E-state index >= 15 is 0 Å². The van der Waals surface area contributed by atoms with Crippen LogP contribution in [-0.4, -0.2) is 4.57 Å². The zero-order chi connectivity index (χ0) is 17.8. The molecule has 0 fully saturated rings. The van der Waals surface area contributed by atoms with E-state index < -0.39 is 0 Å². The van der Waals surface area contributed by atoms with Crippen molar-refractivity contribution in [3.63, 3.8) is 0 Å². The van der Waals surface area contributed by atoms with E-state index in [9.17, 15) is 4.79 Å². The van der Waals surface area contributed by atoms with Crippen LogP contribution in [0.25, 0.3) is 37.1 Å². The van der Waals surface area contributed by atoms with E-state index in [1.165, 1.54) is 5.56 Å². The summed E-state index contributed by atoms with van der Waals surface area (Å²) in [6, 6.07) is 21.9. The molecule has 2 aliphatic rings. The van der Waals surface area contributed by atoms with Gasteiger partial charge in [0.2, 0.25) is 0 Å². The summed E-state index contributed by atoms with van der Waals surface area (Å²) in [5.41, 5.74) is 4.13. The summed E-state index contributed by atoms with van der Waals surface area (Å²) in [6.45, 7) is 2.07. The number of hydrogen-bond acceptors (Lipinski definition) is 2. The Balaban J connectivity index is 2.06. The summed E-state index contributed by atoms with van der Waals surface area (Å²) in [4.78, 5) is 14.2. The van der Waals surface area contributed by atoms with Crippen LogP contribution in [-0.2, 0) is 0 Å². The molecule has 0 saturated heterocycles. The number of aromatic nitrogens is 1. The highest BCUT2D eigenvalue weighted by Crippen LogP contribution is 2.41. The number of benzene rings is 3. The normalized spacial score (nSPS) is 11.6. The van der Waals surface area contributed by atoms with E-state index in [1.807, 2.05) is 59.2 Å². The van der Waals surface area contributed by atoms with Crippen molar-refractivity contribution in [2.45, 2.75) is 6.92 Å². The largest absolute Gasteiger partial charge is 0.273 e. The van der Waals surface area contributed by atoms with Gasteiger partial charge in [0.1, 0.15) is 0 Å². The quantitative estimate of drug-likeness (QED) is 0.338. The van der Waals surface area contributed by atoms with Crippen molar-refractivity contribution in [2.24, 2.45) is 0 Å². The second-order valence-electron chi connectivity index (χ2n) is 6.45. The monoisotopic (exact) mass is 375 g/mol. The smallest absolute Gasteiger partial charge is 0.263 e. The highest BCUT2D eigenvalue weighted by molar-refractivity contribution is 7.22. The van der Waals surface area contributed by atoms with Crippen molar-refractivity contribution in [1.82, 2.24) is 4.57 Å².